The number of hydrogen-bond acceptors (Lipinski definition) is 1. The van der Waals surface area contributed by atoms with Crippen LogP contribution in [-0.4, -0.2) is 4.57 Å². The van der Waals surface area contributed by atoms with E-state index < -0.39 is 0 Å². The number of fused-ring (bicyclic) bond motifs is 5. The summed E-state index contributed by atoms with van der Waals surface area (Å²) in [6.07, 6.45) is 0. The lowest BCUT2D eigenvalue weighted by Gasteiger charge is -2.11. The SMILES string of the molecule is Cn1c(=O)c2ccccc2c2ccc3ccccc3c21. The minimum Gasteiger partial charge on any atom is -0.310 e. The van der Waals surface area contributed by atoms with Gasteiger partial charge in [0, 0.05) is 23.2 Å². The van der Waals surface area contributed by atoms with Crippen LogP contribution >= 0.6 is 0 Å². The van der Waals surface area contributed by atoms with Crippen molar-refractivity contribution in [3.05, 3.63) is 71.0 Å². The fraction of sp³-hybridized carbons (Fsp3) is 0.0556. The summed E-state index contributed by atoms with van der Waals surface area (Å²) in [5.74, 6) is 0. The van der Waals surface area contributed by atoms with Crippen molar-refractivity contribution in [3.63, 3.8) is 0 Å². The van der Waals surface area contributed by atoms with Crippen molar-refractivity contribution in [2.45, 2.75) is 0 Å². The van der Waals surface area contributed by atoms with Gasteiger partial charge in [0.15, 0.2) is 0 Å². The molecule has 0 aliphatic carbocycles. The van der Waals surface area contributed by atoms with E-state index in [2.05, 4.69) is 24.3 Å². The minimum absolute atomic E-state index is 0.0597. The molecule has 0 N–H and O–H groups in total. The van der Waals surface area contributed by atoms with Crippen LogP contribution in [0.4, 0.5) is 0 Å². The lowest BCUT2D eigenvalue weighted by molar-refractivity contribution is 0.922. The highest BCUT2D eigenvalue weighted by molar-refractivity contribution is 6.15. The van der Waals surface area contributed by atoms with Crippen LogP contribution in [0, 0.1) is 0 Å². The van der Waals surface area contributed by atoms with E-state index in [1.54, 1.807) is 4.57 Å². The Morgan fingerprint density at radius 3 is 2.15 bits per heavy atom. The first-order valence-corrected chi connectivity index (χ1v) is 6.66. The molecule has 0 aliphatic heterocycles. The molecule has 1 aromatic heterocycles. The van der Waals surface area contributed by atoms with Crippen molar-refractivity contribution < 1.29 is 0 Å². The molecule has 0 saturated heterocycles. The fourth-order valence-electron chi connectivity index (χ4n) is 3.02. The highest BCUT2D eigenvalue weighted by Gasteiger charge is 2.10. The van der Waals surface area contributed by atoms with Crippen molar-refractivity contribution in [3.8, 4) is 0 Å². The Hall–Kier alpha value is -2.61. The van der Waals surface area contributed by atoms with Crippen molar-refractivity contribution in [1.29, 1.82) is 0 Å². The van der Waals surface area contributed by atoms with E-state index in [1.165, 1.54) is 0 Å². The molecular formula is C18H13NO. The van der Waals surface area contributed by atoms with Crippen LogP contribution in [0.15, 0.2) is 65.5 Å². The van der Waals surface area contributed by atoms with Gasteiger partial charge in [0.25, 0.3) is 5.56 Å². The Morgan fingerprint density at radius 1 is 0.700 bits per heavy atom. The minimum atomic E-state index is 0.0597. The molecule has 0 atom stereocenters. The molecule has 0 fully saturated rings. The van der Waals surface area contributed by atoms with Crippen LogP contribution in [0.5, 0.6) is 0 Å². The second-order valence-corrected chi connectivity index (χ2v) is 5.09. The third-order valence-corrected chi connectivity index (χ3v) is 3.99. The van der Waals surface area contributed by atoms with Gasteiger partial charge in [-0.3, -0.25) is 4.79 Å². The molecule has 0 spiro atoms. The molecule has 4 rings (SSSR count). The number of hydrogen-bond donors (Lipinski definition) is 0. The Bertz CT molecular complexity index is 1030. The summed E-state index contributed by atoms with van der Waals surface area (Å²) in [6.45, 7) is 0. The van der Waals surface area contributed by atoms with Crippen molar-refractivity contribution in [2.75, 3.05) is 0 Å². The zero-order valence-electron chi connectivity index (χ0n) is 11.1. The normalized spacial score (nSPS) is 11.4. The van der Waals surface area contributed by atoms with Gasteiger partial charge < -0.3 is 4.57 Å². The van der Waals surface area contributed by atoms with E-state index in [0.29, 0.717) is 0 Å². The summed E-state index contributed by atoms with van der Waals surface area (Å²) >= 11 is 0. The maximum absolute atomic E-state index is 12.5. The predicted molar refractivity (Wildman–Crippen MR) is 84.2 cm³/mol. The molecule has 0 amide bonds. The van der Waals surface area contributed by atoms with Gasteiger partial charge in [0.05, 0.1) is 5.52 Å². The summed E-state index contributed by atoms with van der Waals surface area (Å²) in [7, 11) is 1.85. The van der Waals surface area contributed by atoms with Crippen molar-refractivity contribution in [1.82, 2.24) is 4.57 Å². The van der Waals surface area contributed by atoms with Gasteiger partial charge in [-0.15, -0.1) is 0 Å². The maximum atomic E-state index is 12.5. The van der Waals surface area contributed by atoms with E-state index in [1.807, 2.05) is 43.4 Å². The first kappa shape index (κ1) is 11.2. The standard InChI is InChI=1S/C18H13NO/c1-19-17-13-7-3-2-6-12(13)10-11-15(17)14-8-4-5-9-16(14)18(19)20/h2-11H,1H3. The number of nitrogens with zero attached hydrogens (tertiary/aromatic N) is 1. The van der Waals surface area contributed by atoms with Gasteiger partial charge in [0.2, 0.25) is 0 Å². The summed E-state index contributed by atoms with van der Waals surface area (Å²) in [5, 5.41) is 5.20. The van der Waals surface area contributed by atoms with Gasteiger partial charge in [-0.1, -0.05) is 54.6 Å². The molecule has 2 heteroatoms. The van der Waals surface area contributed by atoms with Gasteiger partial charge in [-0.25, -0.2) is 0 Å². The lowest BCUT2D eigenvalue weighted by atomic mass is 10.0. The average molecular weight is 259 g/mol. The molecule has 0 bridgehead atoms. The Morgan fingerprint density at radius 2 is 1.35 bits per heavy atom. The topological polar surface area (TPSA) is 22.0 Å². The Balaban J connectivity index is 2.43. The molecule has 2 nitrogen and oxygen atoms in total. The van der Waals surface area contributed by atoms with Crippen molar-refractivity contribution in [2.24, 2.45) is 7.05 Å². The molecule has 96 valence electrons. The largest absolute Gasteiger partial charge is 0.310 e. The zero-order chi connectivity index (χ0) is 13.7. The average Bonchev–Trinajstić information content (AvgIpc) is 2.51. The monoisotopic (exact) mass is 259 g/mol. The highest BCUT2D eigenvalue weighted by atomic mass is 16.1. The smallest absolute Gasteiger partial charge is 0.258 e. The first-order valence-electron chi connectivity index (χ1n) is 6.66. The van der Waals surface area contributed by atoms with Crippen LogP contribution in [0.1, 0.15) is 0 Å². The van der Waals surface area contributed by atoms with Crippen LogP contribution in [0.2, 0.25) is 0 Å². The van der Waals surface area contributed by atoms with Crippen LogP contribution in [-0.2, 0) is 7.05 Å². The van der Waals surface area contributed by atoms with Crippen molar-refractivity contribution >= 4 is 32.4 Å². The number of aromatic nitrogens is 1. The molecule has 1 heterocycles. The van der Waals surface area contributed by atoms with Gasteiger partial charge >= 0.3 is 0 Å². The van der Waals surface area contributed by atoms with E-state index in [0.717, 1.165) is 32.4 Å². The fourth-order valence-corrected chi connectivity index (χ4v) is 3.02. The second kappa shape index (κ2) is 3.94. The number of benzene rings is 3. The summed E-state index contributed by atoms with van der Waals surface area (Å²) in [5.41, 5.74) is 1.07. The molecule has 0 unspecified atom stereocenters. The maximum Gasteiger partial charge on any atom is 0.258 e. The summed E-state index contributed by atoms with van der Waals surface area (Å²) < 4.78 is 1.76. The molecule has 0 aliphatic rings. The third kappa shape index (κ3) is 1.36. The molecular weight excluding hydrogens is 246 g/mol. The van der Waals surface area contributed by atoms with Crippen LogP contribution in [0.3, 0.4) is 0 Å². The van der Waals surface area contributed by atoms with E-state index >= 15 is 0 Å². The van der Waals surface area contributed by atoms with E-state index in [-0.39, 0.29) is 5.56 Å². The molecule has 0 radical (unpaired) electrons. The number of aryl methyl sites for hydroxylation is 1. The molecule has 20 heavy (non-hydrogen) atoms. The molecule has 3 aromatic carbocycles. The lowest BCUT2D eigenvalue weighted by Crippen LogP contribution is -2.17. The van der Waals surface area contributed by atoms with Gasteiger partial charge in [-0.2, -0.15) is 0 Å². The van der Waals surface area contributed by atoms with E-state index in [9.17, 15) is 4.79 Å². The molecule has 0 saturated carbocycles. The first-order chi connectivity index (χ1) is 9.77. The summed E-state index contributed by atoms with van der Waals surface area (Å²) in [4.78, 5) is 12.5. The number of rotatable bonds is 0. The Kier molecular flexibility index (Phi) is 2.21. The molecule has 4 aromatic rings. The Labute approximate surface area is 115 Å². The van der Waals surface area contributed by atoms with E-state index in [4.69, 9.17) is 0 Å². The zero-order valence-corrected chi connectivity index (χ0v) is 11.1. The quantitative estimate of drug-likeness (QED) is 0.440. The number of pyridine rings is 1. The second-order valence-electron chi connectivity index (χ2n) is 5.09. The van der Waals surface area contributed by atoms with Crippen LogP contribution in [0.25, 0.3) is 32.4 Å². The van der Waals surface area contributed by atoms with Crippen LogP contribution < -0.4 is 5.56 Å². The third-order valence-electron chi connectivity index (χ3n) is 3.99. The predicted octanol–water partition coefficient (Wildman–Crippen LogP) is 3.84. The highest BCUT2D eigenvalue weighted by Crippen LogP contribution is 2.28. The van der Waals surface area contributed by atoms with Gasteiger partial charge in [-0.05, 0) is 16.8 Å². The summed E-state index contributed by atoms with van der Waals surface area (Å²) in [6, 6.07) is 20.2. The van der Waals surface area contributed by atoms with Gasteiger partial charge in [0.1, 0.15) is 0 Å².